The monoisotopic (exact) mass is 333 g/mol. The van der Waals surface area contributed by atoms with E-state index in [1.165, 1.54) is 0 Å². The van der Waals surface area contributed by atoms with Gasteiger partial charge in [0.05, 0.1) is 11.3 Å². The van der Waals surface area contributed by atoms with Crippen LogP contribution in [0.25, 0.3) is 0 Å². The Bertz CT molecular complexity index is 804. The maximum atomic E-state index is 10.2. The molecule has 3 rings (SSSR count). The third-order valence-corrected chi connectivity index (χ3v) is 3.07. The van der Waals surface area contributed by atoms with Crippen molar-refractivity contribution in [1.82, 2.24) is 0 Å². The van der Waals surface area contributed by atoms with E-state index in [-0.39, 0.29) is 0 Å². The Labute approximate surface area is 146 Å². The zero-order valence-electron chi connectivity index (χ0n) is 13.5. The molecule has 3 aromatic carbocycles. The quantitative estimate of drug-likeness (QED) is 0.497. The molecule has 0 bridgehead atoms. The van der Waals surface area contributed by atoms with Crippen LogP contribution in [0.1, 0.15) is 10.4 Å². The number of rotatable bonds is 3. The van der Waals surface area contributed by atoms with E-state index in [2.05, 4.69) is 10.3 Å². The van der Waals surface area contributed by atoms with Gasteiger partial charge in [-0.2, -0.15) is 0 Å². The van der Waals surface area contributed by atoms with Crippen molar-refractivity contribution >= 4 is 23.3 Å². The Morgan fingerprint density at radius 3 is 1.76 bits per heavy atom. The summed E-state index contributed by atoms with van der Waals surface area (Å²) in [5, 5.41) is 11.4. The first kappa shape index (κ1) is 17.7. The average molecular weight is 333 g/mol. The van der Waals surface area contributed by atoms with Crippen LogP contribution >= 0.6 is 0 Å². The summed E-state index contributed by atoms with van der Waals surface area (Å²) in [4.78, 5) is 14.4. The van der Waals surface area contributed by atoms with Gasteiger partial charge in [0.25, 0.3) is 0 Å². The number of hydrogen-bond acceptors (Lipinski definition) is 2. The summed E-state index contributed by atoms with van der Waals surface area (Å²) in [6.45, 7) is 0. The number of hydrogen-bond donors (Lipinski definition) is 3. The van der Waals surface area contributed by atoms with Crippen molar-refractivity contribution in [3.63, 3.8) is 0 Å². The molecule has 0 atom stereocenters. The molecule has 0 fully saturated rings. The number of benzene rings is 3. The van der Waals surface area contributed by atoms with Gasteiger partial charge in [-0.15, -0.1) is 0 Å². The van der Waals surface area contributed by atoms with Crippen LogP contribution in [0.5, 0.6) is 0 Å². The summed E-state index contributed by atoms with van der Waals surface area (Å²) >= 11 is 0. The maximum absolute atomic E-state index is 10.2. The lowest BCUT2D eigenvalue weighted by molar-refractivity contribution is 0.0697. The van der Waals surface area contributed by atoms with Crippen LogP contribution in [0, 0.1) is 0 Å². The molecule has 0 amide bonds. The van der Waals surface area contributed by atoms with E-state index in [0.717, 1.165) is 11.4 Å². The number of nitrogens with one attached hydrogen (secondary N) is 1. The van der Waals surface area contributed by atoms with Gasteiger partial charge in [-0.3, -0.25) is 0 Å². The normalized spacial score (nSPS) is 10.3. The number of para-hydroxylation sites is 2. The molecular formula is C20H19N3O2. The van der Waals surface area contributed by atoms with Gasteiger partial charge in [0, 0.05) is 5.69 Å². The Kier molecular flexibility index (Phi) is 6.76. The third-order valence-electron chi connectivity index (χ3n) is 3.07. The van der Waals surface area contributed by atoms with Gasteiger partial charge >= 0.3 is 5.97 Å². The van der Waals surface area contributed by atoms with E-state index >= 15 is 0 Å². The lowest BCUT2D eigenvalue weighted by Gasteiger charge is -2.04. The first-order valence-electron chi connectivity index (χ1n) is 7.65. The zero-order chi connectivity index (χ0) is 17.9. The molecule has 0 aliphatic carbocycles. The van der Waals surface area contributed by atoms with Crippen LogP contribution in [-0.2, 0) is 0 Å². The van der Waals surface area contributed by atoms with Crippen LogP contribution in [0.15, 0.2) is 96.0 Å². The van der Waals surface area contributed by atoms with E-state index in [0.29, 0.717) is 11.5 Å². The van der Waals surface area contributed by atoms with Crippen LogP contribution < -0.4 is 11.1 Å². The molecule has 0 aliphatic rings. The van der Waals surface area contributed by atoms with Crippen LogP contribution in [0.2, 0.25) is 0 Å². The number of anilines is 1. The smallest absolute Gasteiger partial charge is 0.335 e. The van der Waals surface area contributed by atoms with Crippen molar-refractivity contribution in [1.29, 1.82) is 0 Å². The molecule has 0 unspecified atom stereocenters. The van der Waals surface area contributed by atoms with E-state index < -0.39 is 5.97 Å². The second-order valence-corrected chi connectivity index (χ2v) is 4.99. The summed E-state index contributed by atoms with van der Waals surface area (Å²) in [6.07, 6.45) is 0. The standard InChI is InChI=1S/C13H13N3.C7H6O2/c14-13(15-11-7-3-1-4-8-11)16-12-9-5-2-6-10-12;8-7(9)6-4-2-1-3-5-6/h1-10H,(H3,14,15,16);1-5H,(H,8,9). The van der Waals surface area contributed by atoms with E-state index in [4.69, 9.17) is 10.8 Å². The van der Waals surface area contributed by atoms with Crippen molar-refractivity contribution in [3.05, 3.63) is 96.6 Å². The van der Waals surface area contributed by atoms with E-state index in [1.54, 1.807) is 30.3 Å². The topological polar surface area (TPSA) is 87.7 Å². The Balaban J connectivity index is 0.000000212. The largest absolute Gasteiger partial charge is 0.478 e. The summed E-state index contributed by atoms with van der Waals surface area (Å²) in [7, 11) is 0. The second-order valence-electron chi connectivity index (χ2n) is 4.99. The summed E-state index contributed by atoms with van der Waals surface area (Å²) in [5.41, 5.74) is 7.87. The summed E-state index contributed by atoms with van der Waals surface area (Å²) < 4.78 is 0. The Hall–Kier alpha value is -3.60. The molecular weight excluding hydrogens is 314 g/mol. The number of nitrogens with zero attached hydrogens (tertiary/aromatic N) is 1. The number of carboxylic acids is 1. The molecule has 0 saturated heterocycles. The molecule has 0 aromatic heterocycles. The highest BCUT2D eigenvalue weighted by molar-refractivity contribution is 5.93. The van der Waals surface area contributed by atoms with Crippen molar-refractivity contribution in [2.75, 3.05) is 5.32 Å². The van der Waals surface area contributed by atoms with Crippen molar-refractivity contribution in [2.24, 2.45) is 10.7 Å². The fourth-order valence-electron chi connectivity index (χ4n) is 1.92. The molecule has 25 heavy (non-hydrogen) atoms. The Morgan fingerprint density at radius 1 is 0.800 bits per heavy atom. The molecule has 0 radical (unpaired) electrons. The van der Waals surface area contributed by atoms with Crippen LogP contribution in [0.3, 0.4) is 0 Å². The van der Waals surface area contributed by atoms with E-state index in [9.17, 15) is 4.79 Å². The van der Waals surface area contributed by atoms with Gasteiger partial charge in [-0.05, 0) is 36.4 Å². The van der Waals surface area contributed by atoms with Crippen LogP contribution in [-0.4, -0.2) is 17.0 Å². The SMILES string of the molecule is NC(=Nc1ccccc1)Nc1ccccc1.O=C(O)c1ccccc1. The predicted molar refractivity (Wildman–Crippen MR) is 101 cm³/mol. The highest BCUT2D eigenvalue weighted by atomic mass is 16.4. The van der Waals surface area contributed by atoms with Crippen molar-refractivity contribution in [3.8, 4) is 0 Å². The number of carbonyl (C=O) groups is 1. The number of carboxylic acid groups (broad SMARTS) is 1. The molecule has 0 aliphatic heterocycles. The second kappa shape index (κ2) is 9.52. The maximum Gasteiger partial charge on any atom is 0.335 e. The molecule has 0 heterocycles. The third kappa shape index (κ3) is 6.58. The number of aliphatic imine (C=N–C) groups is 1. The minimum atomic E-state index is -0.879. The predicted octanol–water partition coefficient (Wildman–Crippen LogP) is 4.13. The van der Waals surface area contributed by atoms with Gasteiger partial charge in [0.15, 0.2) is 5.96 Å². The number of guanidine groups is 1. The van der Waals surface area contributed by atoms with Gasteiger partial charge in [0.2, 0.25) is 0 Å². The van der Waals surface area contributed by atoms with Gasteiger partial charge in [-0.25, -0.2) is 9.79 Å². The van der Waals surface area contributed by atoms with E-state index in [1.807, 2.05) is 60.7 Å². The van der Waals surface area contributed by atoms with Crippen molar-refractivity contribution < 1.29 is 9.90 Å². The van der Waals surface area contributed by atoms with Gasteiger partial charge < -0.3 is 16.2 Å². The minimum Gasteiger partial charge on any atom is -0.478 e. The summed E-state index contributed by atoms with van der Waals surface area (Å²) in [6, 6.07) is 27.6. The molecule has 5 nitrogen and oxygen atoms in total. The molecule has 3 aromatic rings. The Morgan fingerprint density at radius 2 is 1.28 bits per heavy atom. The lowest BCUT2D eigenvalue weighted by Crippen LogP contribution is -2.21. The van der Waals surface area contributed by atoms with Crippen LogP contribution in [0.4, 0.5) is 11.4 Å². The summed E-state index contributed by atoms with van der Waals surface area (Å²) in [5.74, 6) is -0.493. The first-order chi connectivity index (χ1) is 12.1. The fraction of sp³-hybridized carbons (Fsp3) is 0. The lowest BCUT2D eigenvalue weighted by atomic mass is 10.2. The molecule has 4 N–H and O–H groups in total. The van der Waals surface area contributed by atoms with Gasteiger partial charge in [0.1, 0.15) is 0 Å². The molecule has 126 valence electrons. The van der Waals surface area contributed by atoms with Gasteiger partial charge in [-0.1, -0.05) is 54.6 Å². The minimum absolute atomic E-state index is 0.331. The molecule has 0 spiro atoms. The highest BCUT2D eigenvalue weighted by Crippen LogP contribution is 2.10. The number of aromatic carboxylic acids is 1. The highest BCUT2D eigenvalue weighted by Gasteiger charge is 1.96. The first-order valence-corrected chi connectivity index (χ1v) is 7.65. The average Bonchev–Trinajstić information content (AvgIpc) is 2.64. The van der Waals surface area contributed by atoms with Crippen molar-refractivity contribution in [2.45, 2.75) is 0 Å². The zero-order valence-corrected chi connectivity index (χ0v) is 13.5. The molecule has 5 heteroatoms. The number of nitrogens with two attached hydrogens (primary N) is 1. The fourth-order valence-corrected chi connectivity index (χ4v) is 1.92. The molecule has 0 saturated carbocycles.